The second kappa shape index (κ2) is 3.74. The highest BCUT2D eigenvalue weighted by Crippen LogP contribution is 2.46. The third-order valence-corrected chi connectivity index (χ3v) is 5.03. The molecule has 0 amide bonds. The highest BCUT2D eigenvalue weighted by molar-refractivity contribution is 5.44. The van der Waals surface area contributed by atoms with Gasteiger partial charge in [0.05, 0.1) is 7.11 Å². The van der Waals surface area contributed by atoms with Gasteiger partial charge in [-0.15, -0.1) is 0 Å². The highest BCUT2D eigenvalue weighted by atomic mass is 16.5. The van der Waals surface area contributed by atoms with Gasteiger partial charge < -0.3 is 10.1 Å². The average Bonchev–Trinajstić information content (AvgIpc) is 2.33. The Kier molecular flexibility index (Phi) is 2.44. The summed E-state index contributed by atoms with van der Waals surface area (Å²) in [6.07, 6.45) is 2.39. The van der Waals surface area contributed by atoms with Crippen molar-refractivity contribution < 1.29 is 4.74 Å². The fourth-order valence-electron chi connectivity index (χ4n) is 3.62. The number of methoxy groups -OCH3 is 1. The van der Waals surface area contributed by atoms with Gasteiger partial charge in [-0.1, -0.05) is 19.9 Å². The second-order valence-electron chi connectivity index (χ2n) is 5.74. The van der Waals surface area contributed by atoms with Crippen molar-refractivity contribution in [1.82, 2.24) is 5.32 Å². The van der Waals surface area contributed by atoms with Gasteiger partial charge >= 0.3 is 0 Å². The smallest absolute Gasteiger partial charge is 0.119 e. The van der Waals surface area contributed by atoms with Crippen molar-refractivity contribution in [3.8, 4) is 5.75 Å². The first kappa shape index (κ1) is 11.1. The maximum absolute atomic E-state index is 5.38. The molecule has 2 nitrogen and oxygen atoms in total. The number of benzene rings is 1. The third kappa shape index (κ3) is 1.50. The topological polar surface area (TPSA) is 21.3 Å². The minimum Gasteiger partial charge on any atom is -0.497 e. The van der Waals surface area contributed by atoms with Gasteiger partial charge in [0.1, 0.15) is 5.75 Å². The molecule has 2 heteroatoms. The van der Waals surface area contributed by atoms with Gasteiger partial charge in [0, 0.05) is 6.04 Å². The van der Waals surface area contributed by atoms with Crippen molar-refractivity contribution >= 4 is 0 Å². The molecule has 1 saturated heterocycles. The molecule has 2 bridgehead atoms. The number of nitrogens with one attached hydrogen (secondary N) is 1. The van der Waals surface area contributed by atoms with Crippen molar-refractivity contribution in [2.75, 3.05) is 13.7 Å². The monoisotopic (exact) mass is 231 g/mol. The Labute approximate surface area is 103 Å². The highest BCUT2D eigenvalue weighted by Gasteiger charge is 2.45. The minimum absolute atomic E-state index is 0.318. The molecule has 1 heterocycles. The number of ether oxygens (including phenoxy) is 1. The molecule has 1 aromatic carbocycles. The quantitative estimate of drug-likeness (QED) is 0.802. The van der Waals surface area contributed by atoms with Gasteiger partial charge in [0.25, 0.3) is 0 Å². The Hall–Kier alpha value is -1.02. The van der Waals surface area contributed by atoms with Crippen LogP contribution in [-0.2, 0) is 11.8 Å². The molecule has 1 fully saturated rings. The SMILES string of the molecule is COc1ccc2c(c1)[C@]1(C)CCN[C@H](C2)[C@H]1C. The predicted molar refractivity (Wildman–Crippen MR) is 69.6 cm³/mol. The van der Waals surface area contributed by atoms with Crippen LogP contribution in [0.3, 0.4) is 0 Å². The number of fused-ring (bicyclic) bond motifs is 4. The third-order valence-electron chi connectivity index (χ3n) is 5.03. The largest absolute Gasteiger partial charge is 0.497 e. The molecule has 0 aromatic heterocycles. The average molecular weight is 231 g/mol. The number of piperidine rings is 1. The van der Waals surface area contributed by atoms with E-state index in [-0.39, 0.29) is 0 Å². The van der Waals surface area contributed by atoms with Crippen LogP contribution < -0.4 is 10.1 Å². The standard InChI is InChI=1S/C15H21NO/c1-10-14-8-11-4-5-12(17-3)9-13(11)15(10,2)6-7-16-14/h4-5,9-10,14,16H,6-8H2,1-3H3/t10-,14-,15-/m1/s1. The predicted octanol–water partition coefficient (Wildman–Crippen LogP) is 2.51. The Bertz CT molecular complexity index is 443. The number of hydrogen-bond acceptors (Lipinski definition) is 2. The molecule has 0 radical (unpaired) electrons. The zero-order valence-corrected chi connectivity index (χ0v) is 10.9. The van der Waals surface area contributed by atoms with Gasteiger partial charge in [0.15, 0.2) is 0 Å². The summed E-state index contributed by atoms with van der Waals surface area (Å²) in [6, 6.07) is 7.24. The van der Waals surface area contributed by atoms with E-state index in [0.717, 1.165) is 18.7 Å². The van der Waals surface area contributed by atoms with Crippen LogP contribution in [0.1, 0.15) is 31.4 Å². The summed E-state index contributed by atoms with van der Waals surface area (Å²) in [5.41, 5.74) is 3.34. The van der Waals surface area contributed by atoms with Crippen LogP contribution in [0, 0.1) is 5.92 Å². The lowest BCUT2D eigenvalue weighted by molar-refractivity contribution is 0.158. The molecule has 1 aromatic rings. The Morgan fingerprint density at radius 1 is 1.41 bits per heavy atom. The molecule has 0 spiro atoms. The minimum atomic E-state index is 0.318. The van der Waals surface area contributed by atoms with Crippen LogP contribution in [-0.4, -0.2) is 19.7 Å². The lowest BCUT2D eigenvalue weighted by Crippen LogP contribution is -2.56. The molecule has 0 unspecified atom stereocenters. The molecule has 1 aliphatic heterocycles. The number of rotatable bonds is 1. The van der Waals surface area contributed by atoms with E-state index in [1.165, 1.54) is 17.5 Å². The van der Waals surface area contributed by atoms with E-state index in [4.69, 9.17) is 4.74 Å². The summed E-state index contributed by atoms with van der Waals surface area (Å²) >= 11 is 0. The Morgan fingerprint density at radius 3 is 3.00 bits per heavy atom. The van der Waals surface area contributed by atoms with E-state index in [1.54, 1.807) is 7.11 Å². The van der Waals surface area contributed by atoms with E-state index in [0.29, 0.717) is 17.4 Å². The molecule has 0 saturated carbocycles. The summed E-state index contributed by atoms with van der Waals surface area (Å²) in [4.78, 5) is 0. The lowest BCUT2D eigenvalue weighted by atomic mass is 9.59. The summed E-state index contributed by atoms with van der Waals surface area (Å²) in [5.74, 6) is 1.70. The summed E-state index contributed by atoms with van der Waals surface area (Å²) < 4.78 is 5.38. The molecule has 3 atom stereocenters. The second-order valence-corrected chi connectivity index (χ2v) is 5.74. The van der Waals surface area contributed by atoms with Crippen molar-refractivity contribution in [3.05, 3.63) is 29.3 Å². The normalized spacial score (nSPS) is 35.2. The van der Waals surface area contributed by atoms with Crippen LogP contribution in [0.2, 0.25) is 0 Å². The van der Waals surface area contributed by atoms with Gasteiger partial charge in [0.2, 0.25) is 0 Å². The van der Waals surface area contributed by atoms with Crippen LogP contribution in [0.15, 0.2) is 18.2 Å². The molecule has 1 aliphatic carbocycles. The molecule has 2 aliphatic rings. The van der Waals surface area contributed by atoms with Gasteiger partial charge in [-0.3, -0.25) is 0 Å². The first-order valence-electron chi connectivity index (χ1n) is 6.56. The van der Waals surface area contributed by atoms with Crippen LogP contribution >= 0.6 is 0 Å². The fraction of sp³-hybridized carbons (Fsp3) is 0.600. The first-order valence-corrected chi connectivity index (χ1v) is 6.56. The molecular weight excluding hydrogens is 210 g/mol. The summed E-state index contributed by atoms with van der Waals surface area (Å²) in [5, 5.41) is 3.66. The zero-order valence-electron chi connectivity index (χ0n) is 10.9. The van der Waals surface area contributed by atoms with Gasteiger partial charge in [-0.05, 0) is 54.0 Å². The Balaban J connectivity index is 2.14. The van der Waals surface area contributed by atoms with Crippen LogP contribution in [0.5, 0.6) is 5.75 Å². The van der Waals surface area contributed by atoms with Crippen molar-refractivity contribution in [2.24, 2.45) is 5.92 Å². The molecule has 17 heavy (non-hydrogen) atoms. The zero-order chi connectivity index (χ0) is 12.0. The molecular formula is C15H21NO. The molecule has 1 N–H and O–H groups in total. The van der Waals surface area contributed by atoms with Crippen LogP contribution in [0.4, 0.5) is 0 Å². The van der Waals surface area contributed by atoms with E-state index < -0.39 is 0 Å². The van der Waals surface area contributed by atoms with E-state index >= 15 is 0 Å². The van der Waals surface area contributed by atoms with Crippen molar-refractivity contribution in [3.63, 3.8) is 0 Å². The first-order chi connectivity index (χ1) is 8.15. The molecule has 92 valence electrons. The fourth-order valence-corrected chi connectivity index (χ4v) is 3.62. The van der Waals surface area contributed by atoms with Gasteiger partial charge in [-0.2, -0.15) is 0 Å². The van der Waals surface area contributed by atoms with E-state index in [1.807, 2.05) is 0 Å². The van der Waals surface area contributed by atoms with Gasteiger partial charge in [-0.25, -0.2) is 0 Å². The Morgan fingerprint density at radius 2 is 2.24 bits per heavy atom. The molecule has 3 rings (SSSR count). The van der Waals surface area contributed by atoms with Crippen molar-refractivity contribution in [1.29, 1.82) is 0 Å². The van der Waals surface area contributed by atoms with Crippen LogP contribution in [0.25, 0.3) is 0 Å². The van der Waals surface area contributed by atoms with Crippen molar-refractivity contribution in [2.45, 2.75) is 38.1 Å². The maximum atomic E-state index is 5.38. The summed E-state index contributed by atoms with van der Waals surface area (Å²) in [6.45, 7) is 5.95. The lowest BCUT2D eigenvalue weighted by Gasteiger charge is -2.50. The van der Waals surface area contributed by atoms with E-state index in [9.17, 15) is 0 Å². The summed E-state index contributed by atoms with van der Waals surface area (Å²) in [7, 11) is 1.75. The number of hydrogen-bond donors (Lipinski definition) is 1. The van der Waals surface area contributed by atoms with E-state index in [2.05, 4.69) is 37.4 Å². The maximum Gasteiger partial charge on any atom is 0.119 e.